The molecule has 3 aromatic rings. The number of esters is 1. The summed E-state index contributed by atoms with van der Waals surface area (Å²) in [6.07, 6.45) is -0.0818. The summed E-state index contributed by atoms with van der Waals surface area (Å²) >= 11 is 3.47. The Bertz CT molecular complexity index is 1310. The molecule has 0 aromatic heterocycles. The van der Waals surface area contributed by atoms with Crippen molar-refractivity contribution in [1.29, 1.82) is 0 Å². The molecular formula is C27H22BrNO4. The number of carbonyl (C=O) groups is 3. The minimum Gasteiger partial charge on any atom is -0.424 e. The number of aryl methyl sites for hydroxylation is 3. The van der Waals surface area contributed by atoms with E-state index in [4.69, 9.17) is 4.74 Å². The first kappa shape index (κ1) is 21.6. The third kappa shape index (κ3) is 3.00. The van der Waals surface area contributed by atoms with Gasteiger partial charge in [0.05, 0.1) is 16.1 Å². The maximum atomic E-state index is 14.0. The maximum absolute atomic E-state index is 14.0. The molecule has 0 radical (unpaired) electrons. The monoisotopic (exact) mass is 503 g/mol. The first-order chi connectivity index (χ1) is 15.8. The number of rotatable bonds is 3. The number of amides is 2. The van der Waals surface area contributed by atoms with E-state index < -0.39 is 17.3 Å². The predicted molar refractivity (Wildman–Crippen MR) is 128 cm³/mol. The molecule has 3 aromatic carbocycles. The topological polar surface area (TPSA) is 63.7 Å². The first-order valence-corrected chi connectivity index (χ1v) is 11.6. The van der Waals surface area contributed by atoms with Crippen LogP contribution in [-0.2, 0) is 19.8 Å². The molecule has 0 spiro atoms. The van der Waals surface area contributed by atoms with Gasteiger partial charge in [0, 0.05) is 12.0 Å². The largest absolute Gasteiger partial charge is 0.424 e. The van der Waals surface area contributed by atoms with Gasteiger partial charge in [-0.05, 0) is 59.5 Å². The van der Waals surface area contributed by atoms with E-state index in [9.17, 15) is 14.4 Å². The van der Waals surface area contributed by atoms with Crippen molar-refractivity contribution < 1.29 is 19.1 Å². The SMILES string of the molecule is Cc1cc(C)c(N2C(=O)C[C@@H]([C@@]3(c4ccccc4)C(=O)Oc4c(Br)cccc43)C2=O)c(C)c1. The molecule has 5 rings (SSSR count). The van der Waals surface area contributed by atoms with Gasteiger partial charge >= 0.3 is 5.97 Å². The molecule has 1 saturated heterocycles. The van der Waals surface area contributed by atoms with Crippen molar-refractivity contribution in [2.45, 2.75) is 32.6 Å². The number of fused-ring (bicyclic) bond motifs is 1. The number of nitrogens with zero attached hydrogens (tertiary/aromatic N) is 1. The van der Waals surface area contributed by atoms with Gasteiger partial charge in [-0.1, -0.05) is 60.2 Å². The highest BCUT2D eigenvalue weighted by Crippen LogP contribution is 2.54. The fourth-order valence-electron chi connectivity index (χ4n) is 5.44. The van der Waals surface area contributed by atoms with Crippen molar-refractivity contribution in [3.05, 3.63) is 93.0 Å². The second kappa shape index (κ2) is 7.66. The molecule has 2 atom stereocenters. The van der Waals surface area contributed by atoms with Gasteiger partial charge in [-0.3, -0.25) is 14.4 Å². The Balaban J connectivity index is 1.73. The summed E-state index contributed by atoms with van der Waals surface area (Å²) in [4.78, 5) is 42.2. The standard InChI is InChI=1S/C27H22BrNO4/c1-15-12-16(2)23(17(3)13-15)29-22(30)14-20(25(29)31)27(18-8-5-4-6-9-18)19-10-7-11-21(28)24(19)33-26(27)32/h4-13,20H,14H2,1-3H3/t20-,27+/m1/s1. The number of halogens is 1. The molecule has 166 valence electrons. The van der Waals surface area contributed by atoms with Crippen LogP contribution < -0.4 is 9.64 Å². The van der Waals surface area contributed by atoms with E-state index in [2.05, 4.69) is 15.9 Å². The third-order valence-electron chi connectivity index (χ3n) is 6.67. The Kier molecular flexibility index (Phi) is 5.01. The van der Waals surface area contributed by atoms with Gasteiger partial charge < -0.3 is 4.74 Å². The summed E-state index contributed by atoms with van der Waals surface area (Å²) in [7, 11) is 0. The zero-order valence-corrected chi connectivity index (χ0v) is 20.1. The van der Waals surface area contributed by atoms with Gasteiger partial charge in [0.25, 0.3) is 0 Å². The van der Waals surface area contributed by atoms with Gasteiger partial charge in [-0.2, -0.15) is 0 Å². The van der Waals surface area contributed by atoms with E-state index in [1.54, 1.807) is 12.1 Å². The van der Waals surface area contributed by atoms with Crippen LogP contribution in [0.15, 0.2) is 65.1 Å². The lowest BCUT2D eigenvalue weighted by Crippen LogP contribution is -2.46. The number of hydrogen-bond acceptors (Lipinski definition) is 4. The molecule has 2 aliphatic heterocycles. The summed E-state index contributed by atoms with van der Waals surface area (Å²) in [5.74, 6) is -1.76. The van der Waals surface area contributed by atoms with E-state index in [-0.39, 0.29) is 18.2 Å². The zero-order chi connectivity index (χ0) is 23.5. The van der Waals surface area contributed by atoms with Crippen LogP contribution >= 0.6 is 15.9 Å². The molecule has 0 aliphatic carbocycles. The smallest absolute Gasteiger partial charge is 0.327 e. The normalized spacial score (nSPS) is 22.0. The number of ether oxygens (including phenoxy) is 1. The summed E-state index contributed by atoms with van der Waals surface area (Å²) < 4.78 is 6.37. The Hall–Kier alpha value is -3.25. The number of hydrogen-bond donors (Lipinski definition) is 0. The van der Waals surface area contributed by atoms with Gasteiger partial charge in [0.15, 0.2) is 0 Å². The molecule has 6 heteroatoms. The van der Waals surface area contributed by atoms with Crippen molar-refractivity contribution in [3.63, 3.8) is 0 Å². The number of benzene rings is 3. The van der Waals surface area contributed by atoms with Crippen LogP contribution in [0.1, 0.15) is 34.2 Å². The maximum Gasteiger partial charge on any atom is 0.327 e. The fourth-order valence-corrected chi connectivity index (χ4v) is 5.89. The molecule has 2 aliphatic rings. The van der Waals surface area contributed by atoms with Crippen LogP contribution in [0.25, 0.3) is 0 Å². The number of carbonyl (C=O) groups excluding carboxylic acids is 3. The van der Waals surface area contributed by atoms with Crippen molar-refractivity contribution >= 4 is 39.4 Å². The van der Waals surface area contributed by atoms with Gasteiger partial charge in [-0.25, -0.2) is 4.90 Å². The van der Waals surface area contributed by atoms with Crippen molar-refractivity contribution in [1.82, 2.24) is 0 Å². The molecule has 0 N–H and O–H groups in total. The predicted octanol–water partition coefficient (Wildman–Crippen LogP) is 5.16. The Morgan fingerprint density at radius 3 is 2.27 bits per heavy atom. The fraction of sp³-hybridized carbons (Fsp3) is 0.222. The van der Waals surface area contributed by atoms with Crippen molar-refractivity contribution in [2.75, 3.05) is 4.90 Å². The molecule has 2 heterocycles. The minimum atomic E-state index is -1.41. The van der Waals surface area contributed by atoms with E-state index in [1.165, 1.54) is 4.90 Å². The minimum absolute atomic E-state index is 0.0818. The van der Waals surface area contributed by atoms with Crippen molar-refractivity contribution in [2.24, 2.45) is 5.92 Å². The van der Waals surface area contributed by atoms with Crippen molar-refractivity contribution in [3.8, 4) is 5.75 Å². The third-order valence-corrected chi connectivity index (χ3v) is 7.29. The summed E-state index contributed by atoms with van der Waals surface area (Å²) in [5.41, 5.74) is 3.18. The van der Waals surface area contributed by atoms with Crippen LogP contribution in [0.5, 0.6) is 5.75 Å². The quantitative estimate of drug-likeness (QED) is 0.281. The van der Waals surface area contributed by atoms with E-state index in [0.717, 1.165) is 16.7 Å². The average Bonchev–Trinajstić information content (AvgIpc) is 3.23. The highest BCUT2D eigenvalue weighted by Gasteiger charge is 2.62. The molecule has 5 nitrogen and oxygen atoms in total. The second-order valence-electron chi connectivity index (χ2n) is 8.75. The molecule has 1 fully saturated rings. The molecule has 0 unspecified atom stereocenters. The van der Waals surface area contributed by atoms with Crippen LogP contribution in [0, 0.1) is 26.7 Å². The molecule has 0 bridgehead atoms. The Labute approximate surface area is 200 Å². The Morgan fingerprint density at radius 1 is 0.939 bits per heavy atom. The summed E-state index contributed by atoms with van der Waals surface area (Å²) in [6.45, 7) is 5.77. The highest BCUT2D eigenvalue weighted by molar-refractivity contribution is 9.10. The van der Waals surface area contributed by atoms with Crippen LogP contribution in [-0.4, -0.2) is 17.8 Å². The van der Waals surface area contributed by atoms with Gasteiger partial charge in [0.2, 0.25) is 11.8 Å². The number of imide groups is 1. The molecule has 0 saturated carbocycles. The highest BCUT2D eigenvalue weighted by atomic mass is 79.9. The molecule has 33 heavy (non-hydrogen) atoms. The summed E-state index contributed by atoms with van der Waals surface area (Å²) in [6, 6.07) is 18.5. The van der Waals surface area contributed by atoms with E-state index >= 15 is 0 Å². The second-order valence-corrected chi connectivity index (χ2v) is 9.61. The van der Waals surface area contributed by atoms with E-state index in [1.807, 2.05) is 69.3 Å². The van der Waals surface area contributed by atoms with Crippen LogP contribution in [0.4, 0.5) is 5.69 Å². The van der Waals surface area contributed by atoms with E-state index in [0.29, 0.717) is 27.0 Å². The van der Waals surface area contributed by atoms with Gasteiger partial charge in [-0.15, -0.1) is 0 Å². The lowest BCUT2D eigenvalue weighted by atomic mass is 9.66. The van der Waals surface area contributed by atoms with Crippen LogP contribution in [0.3, 0.4) is 0 Å². The molecular weight excluding hydrogens is 482 g/mol. The Morgan fingerprint density at radius 2 is 1.61 bits per heavy atom. The average molecular weight is 504 g/mol. The summed E-state index contributed by atoms with van der Waals surface area (Å²) in [5, 5.41) is 0. The zero-order valence-electron chi connectivity index (χ0n) is 18.5. The lowest BCUT2D eigenvalue weighted by molar-refractivity contribution is -0.141. The number of anilines is 1. The number of para-hydroxylation sites is 1. The first-order valence-electron chi connectivity index (χ1n) is 10.8. The van der Waals surface area contributed by atoms with Crippen LogP contribution in [0.2, 0.25) is 0 Å². The van der Waals surface area contributed by atoms with Gasteiger partial charge in [0.1, 0.15) is 11.2 Å². The molecule has 2 amide bonds. The lowest BCUT2D eigenvalue weighted by Gasteiger charge is -2.31.